The van der Waals surface area contributed by atoms with Crippen molar-refractivity contribution in [3.63, 3.8) is 0 Å². The monoisotopic (exact) mass is 412 g/mol. The Morgan fingerprint density at radius 2 is 1.54 bits per heavy atom. The van der Waals surface area contributed by atoms with E-state index in [1.165, 1.54) is 40.6 Å². The van der Waals surface area contributed by atoms with Crippen molar-refractivity contribution in [2.75, 3.05) is 20.3 Å². The van der Waals surface area contributed by atoms with Crippen molar-refractivity contribution in [2.45, 2.75) is 24.6 Å². The quantitative estimate of drug-likeness (QED) is 0.445. The Balaban J connectivity index is 1.70. The Morgan fingerprint density at radius 1 is 1.04 bits per heavy atom. The number of alkyl halides is 2. The summed E-state index contributed by atoms with van der Waals surface area (Å²) in [7, 11) is 2.87. The molecule has 0 aromatic heterocycles. The van der Waals surface area contributed by atoms with Gasteiger partial charge in [0.25, 0.3) is 5.66 Å². The number of rotatable bonds is 11. The lowest BCUT2D eigenvalue weighted by molar-refractivity contribution is -0.148. The summed E-state index contributed by atoms with van der Waals surface area (Å²) in [5.41, 5.74) is -2.19. The predicted molar refractivity (Wildman–Crippen MR) is 104 cm³/mol. The Kier molecular flexibility index (Phi) is 8.15. The summed E-state index contributed by atoms with van der Waals surface area (Å²) < 4.78 is 42.3. The smallest absolute Gasteiger partial charge is 0.333 e. The molecule has 1 N–H and O–H groups in total. The van der Waals surface area contributed by atoms with Crippen LogP contribution in [0.2, 0.25) is 0 Å². The second kappa shape index (κ2) is 10.3. The fourth-order valence-electron chi connectivity index (χ4n) is 2.42. The fraction of sp³-hybridized carbons (Fsp3) is 0.350. The Hall–Kier alpha value is -2.24. The number of carboxylic acid groups (broad SMARTS) is 1. The van der Waals surface area contributed by atoms with Crippen LogP contribution in [0.4, 0.5) is 8.78 Å². The topological polar surface area (TPSA) is 65.0 Å². The molecule has 0 radical (unpaired) electrons. The summed E-state index contributed by atoms with van der Waals surface area (Å²) in [6.07, 6.45) is 0.0235. The van der Waals surface area contributed by atoms with Crippen LogP contribution in [0.5, 0.6) is 11.5 Å². The van der Waals surface area contributed by atoms with Gasteiger partial charge in [0.2, 0.25) is 0 Å². The van der Waals surface area contributed by atoms with Crippen LogP contribution in [0.1, 0.15) is 17.5 Å². The largest absolute Gasteiger partial charge is 0.493 e. The zero-order chi connectivity index (χ0) is 20.6. The maximum absolute atomic E-state index is 13.1. The number of ether oxygens (including phenoxy) is 3. The molecule has 0 saturated carbocycles. The predicted octanol–water partition coefficient (Wildman–Crippen LogP) is 4.10. The summed E-state index contributed by atoms with van der Waals surface area (Å²) in [6, 6.07) is 12.8. The lowest BCUT2D eigenvalue weighted by Gasteiger charge is -2.12. The highest BCUT2D eigenvalue weighted by Crippen LogP contribution is 2.35. The molecule has 0 fully saturated rings. The van der Waals surface area contributed by atoms with E-state index in [0.29, 0.717) is 31.1 Å². The molecule has 152 valence electrons. The van der Waals surface area contributed by atoms with Crippen LogP contribution < -0.4 is 9.47 Å². The van der Waals surface area contributed by atoms with E-state index in [2.05, 4.69) is 0 Å². The number of halogens is 2. The third kappa shape index (κ3) is 7.06. The van der Waals surface area contributed by atoms with Crippen LogP contribution in [0.25, 0.3) is 0 Å². The van der Waals surface area contributed by atoms with E-state index in [1.54, 1.807) is 24.3 Å². The van der Waals surface area contributed by atoms with Crippen molar-refractivity contribution in [2.24, 2.45) is 0 Å². The van der Waals surface area contributed by atoms with Gasteiger partial charge in [-0.1, -0.05) is 21.4 Å². The van der Waals surface area contributed by atoms with Gasteiger partial charge in [0, 0.05) is 25.5 Å². The van der Waals surface area contributed by atoms with Crippen molar-refractivity contribution >= 4 is 15.2 Å². The molecule has 0 bridgehead atoms. The summed E-state index contributed by atoms with van der Waals surface area (Å²) in [5.74, 6) is 0.188. The Bertz CT molecular complexity index is 745. The van der Waals surface area contributed by atoms with Gasteiger partial charge in [-0.3, -0.25) is 0 Å². The van der Waals surface area contributed by atoms with Gasteiger partial charge in [0.05, 0.1) is 13.2 Å². The highest BCUT2D eigenvalue weighted by Gasteiger charge is 2.23. The second-order valence-corrected chi connectivity index (χ2v) is 6.83. The molecule has 0 spiro atoms. The highest BCUT2D eigenvalue weighted by molar-refractivity contribution is 7.17. The summed E-state index contributed by atoms with van der Waals surface area (Å²) in [4.78, 5) is 11.0. The molecule has 2 aromatic carbocycles. The molecule has 2 atom stereocenters. The third-order valence-corrected chi connectivity index (χ3v) is 4.30. The molecule has 2 rings (SSSR count). The molecule has 5 nitrogen and oxygen atoms in total. The van der Waals surface area contributed by atoms with Crippen LogP contribution >= 0.6 is 9.24 Å². The molecule has 0 aliphatic rings. The Morgan fingerprint density at radius 3 is 1.96 bits per heavy atom. The molecule has 28 heavy (non-hydrogen) atoms. The molecule has 8 heteroatoms. The normalized spacial score (nSPS) is 12.4. The molecule has 2 unspecified atom stereocenters. The number of carbonyl (C=O) groups is 1. The first kappa shape index (κ1) is 22.1. The van der Waals surface area contributed by atoms with E-state index in [9.17, 15) is 13.6 Å². The minimum atomic E-state index is -2.94. The van der Waals surface area contributed by atoms with Crippen molar-refractivity contribution in [1.29, 1.82) is 0 Å². The number of hydrogen-bond donors (Lipinski definition) is 1. The van der Waals surface area contributed by atoms with Crippen molar-refractivity contribution in [1.82, 2.24) is 0 Å². The van der Waals surface area contributed by atoms with Gasteiger partial charge in [-0.25, -0.2) is 4.79 Å². The minimum absolute atomic E-state index is 0.0863. The van der Waals surface area contributed by atoms with Gasteiger partial charge in [0.15, 0.2) is 6.10 Å². The second-order valence-electron chi connectivity index (χ2n) is 6.11. The standard InChI is InChI=1S/C20H23F2O5P/c1-25-18(19(23)24)13-14-3-7-16(8-4-14)26-11-2-12-27-17-9-5-15(6-10-17)20(21,22)28/h3-10,18H,2,11-13,28H2,1H3,(H,23,24). The maximum Gasteiger partial charge on any atom is 0.333 e. The number of aliphatic carboxylic acids is 1. The summed E-state index contributed by atoms with van der Waals surface area (Å²) >= 11 is 0. The molecule has 0 aliphatic heterocycles. The molecular formula is C20H23F2O5P. The summed E-state index contributed by atoms with van der Waals surface area (Å²) in [6.45, 7) is 0.819. The number of carboxylic acids is 1. The molecule has 0 amide bonds. The van der Waals surface area contributed by atoms with Crippen LogP contribution in [0.3, 0.4) is 0 Å². The lowest BCUT2D eigenvalue weighted by atomic mass is 10.1. The van der Waals surface area contributed by atoms with E-state index in [-0.39, 0.29) is 12.0 Å². The van der Waals surface area contributed by atoms with E-state index in [1.807, 2.05) is 0 Å². The first-order valence-corrected chi connectivity index (χ1v) is 9.24. The molecule has 0 saturated heterocycles. The highest BCUT2D eigenvalue weighted by atomic mass is 31.0. The van der Waals surface area contributed by atoms with Crippen LogP contribution in [0, 0.1) is 0 Å². The fourth-order valence-corrected chi connectivity index (χ4v) is 2.61. The number of hydrogen-bond acceptors (Lipinski definition) is 4. The molecule has 2 aromatic rings. The lowest BCUT2D eigenvalue weighted by Crippen LogP contribution is -2.24. The van der Waals surface area contributed by atoms with Gasteiger partial charge in [-0.15, -0.1) is 0 Å². The average molecular weight is 412 g/mol. The number of methoxy groups -OCH3 is 1. The molecular weight excluding hydrogens is 389 g/mol. The molecule has 0 aliphatic carbocycles. The van der Waals surface area contributed by atoms with Gasteiger partial charge >= 0.3 is 5.97 Å². The minimum Gasteiger partial charge on any atom is -0.493 e. The van der Waals surface area contributed by atoms with Gasteiger partial charge in [0.1, 0.15) is 11.5 Å². The zero-order valence-corrected chi connectivity index (χ0v) is 16.6. The SMILES string of the molecule is COC(Cc1ccc(OCCCOc2ccc(C(F)(F)P)cc2)cc1)C(=O)O. The van der Waals surface area contributed by atoms with E-state index in [4.69, 9.17) is 19.3 Å². The maximum atomic E-state index is 13.1. The van der Waals surface area contributed by atoms with Crippen molar-refractivity contribution < 1.29 is 32.9 Å². The molecule has 0 heterocycles. The zero-order valence-electron chi connectivity index (χ0n) is 15.4. The number of benzene rings is 2. The van der Waals surface area contributed by atoms with E-state index in [0.717, 1.165) is 5.56 Å². The van der Waals surface area contributed by atoms with Gasteiger partial charge < -0.3 is 19.3 Å². The average Bonchev–Trinajstić information content (AvgIpc) is 2.66. The van der Waals surface area contributed by atoms with E-state index < -0.39 is 17.7 Å². The first-order valence-electron chi connectivity index (χ1n) is 8.67. The van der Waals surface area contributed by atoms with E-state index >= 15 is 0 Å². The third-order valence-electron chi connectivity index (χ3n) is 3.97. The van der Waals surface area contributed by atoms with Crippen LogP contribution in [0.15, 0.2) is 48.5 Å². The Labute approximate surface area is 164 Å². The van der Waals surface area contributed by atoms with Gasteiger partial charge in [-0.2, -0.15) is 8.78 Å². The van der Waals surface area contributed by atoms with Crippen molar-refractivity contribution in [3.8, 4) is 11.5 Å². The van der Waals surface area contributed by atoms with Crippen LogP contribution in [-0.4, -0.2) is 37.5 Å². The van der Waals surface area contributed by atoms with Crippen LogP contribution in [-0.2, 0) is 21.6 Å². The van der Waals surface area contributed by atoms with Crippen molar-refractivity contribution in [3.05, 3.63) is 59.7 Å². The first-order chi connectivity index (χ1) is 13.3. The van der Waals surface area contributed by atoms with Gasteiger partial charge in [-0.05, 0) is 42.0 Å². The summed E-state index contributed by atoms with van der Waals surface area (Å²) in [5, 5.41) is 8.99.